The fourth-order valence-electron chi connectivity index (χ4n) is 2.25. The predicted molar refractivity (Wildman–Crippen MR) is 77.4 cm³/mol. The van der Waals surface area contributed by atoms with Gasteiger partial charge in [-0.25, -0.2) is 4.98 Å². The molecule has 0 fully saturated rings. The van der Waals surface area contributed by atoms with Gasteiger partial charge in [-0.3, -0.25) is 4.79 Å². The Bertz CT molecular complexity index is 558. The Kier molecular flexibility index (Phi) is 4.53. The van der Waals surface area contributed by atoms with Crippen molar-refractivity contribution in [2.24, 2.45) is 0 Å². The Labute approximate surface area is 111 Å². The first-order chi connectivity index (χ1) is 8.74. The van der Waals surface area contributed by atoms with E-state index in [1.165, 1.54) is 43.3 Å². The highest BCUT2D eigenvalue weighted by molar-refractivity contribution is 7.11. The van der Waals surface area contributed by atoms with Crippen LogP contribution in [0.5, 0.6) is 0 Å². The molecule has 0 spiro atoms. The number of hydrogen-bond acceptors (Lipinski definition) is 3. The van der Waals surface area contributed by atoms with Gasteiger partial charge in [0.25, 0.3) is 5.56 Å². The van der Waals surface area contributed by atoms with Crippen LogP contribution in [0.2, 0.25) is 0 Å². The fraction of sp³-hybridized carbons (Fsp3) is 0.571. The Morgan fingerprint density at radius 2 is 2.22 bits per heavy atom. The summed E-state index contributed by atoms with van der Waals surface area (Å²) in [5, 5.41) is 2.66. The van der Waals surface area contributed by atoms with E-state index in [9.17, 15) is 4.79 Å². The maximum Gasteiger partial charge on any atom is 0.259 e. The van der Waals surface area contributed by atoms with Crippen LogP contribution in [0, 0.1) is 0 Å². The zero-order valence-electron chi connectivity index (χ0n) is 11.0. The second kappa shape index (κ2) is 6.14. The zero-order chi connectivity index (χ0) is 13.0. The molecule has 0 aliphatic rings. The van der Waals surface area contributed by atoms with Crippen LogP contribution in [0.3, 0.4) is 0 Å². The number of unbranched alkanes of at least 4 members (excludes halogenated alkanes) is 3. The third kappa shape index (κ3) is 2.80. The molecule has 4 heteroatoms. The molecule has 2 rings (SSSR count). The van der Waals surface area contributed by atoms with Crippen molar-refractivity contribution in [1.82, 2.24) is 9.97 Å². The molecule has 0 saturated heterocycles. The summed E-state index contributed by atoms with van der Waals surface area (Å²) < 4.78 is 0. The molecule has 1 N–H and O–H groups in total. The molecule has 0 radical (unpaired) electrons. The second-order valence-electron chi connectivity index (χ2n) is 4.84. The third-order valence-electron chi connectivity index (χ3n) is 3.36. The van der Waals surface area contributed by atoms with Crippen molar-refractivity contribution in [2.45, 2.75) is 51.9 Å². The van der Waals surface area contributed by atoms with Crippen molar-refractivity contribution < 1.29 is 0 Å². The van der Waals surface area contributed by atoms with E-state index in [0.717, 1.165) is 10.9 Å². The lowest BCUT2D eigenvalue weighted by molar-refractivity contribution is 0.586. The van der Waals surface area contributed by atoms with Gasteiger partial charge in [0.2, 0.25) is 0 Å². The van der Waals surface area contributed by atoms with E-state index in [0.29, 0.717) is 5.92 Å². The maximum atomic E-state index is 11.6. The van der Waals surface area contributed by atoms with Gasteiger partial charge in [-0.1, -0.05) is 39.5 Å². The summed E-state index contributed by atoms with van der Waals surface area (Å²) in [6, 6.07) is 0. The van der Waals surface area contributed by atoms with Gasteiger partial charge in [-0.15, -0.1) is 11.3 Å². The number of nitrogens with zero attached hydrogens (tertiary/aromatic N) is 1. The van der Waals surface area contributed by atoms with Gasteiger partial charge in [0.1, 0.15) is 0 Å². The molecule has 0 aliphatic carbocycles. The van der Waals surface area contributed by atoms with Crippen LogP contribution in [0.1, 0.15) is 56.7 Å². The quantitative estimate of drug-likeness (QED) is 0.800. The fourth-order valence-corrected chi connectivity index (χ4v) is 3.34. The van der Waals surface area contributed by atoms with E-state index < -0.39 is 0 Å². The smallest absolute Gasteiger partial charge is 0.259 e. The third-order valence-corrected chi connectivity index (χ3v) is 4.57. The SMILES string of the molecule is CCCCCCC(C)c1scc2c(=O)[nH]cnc12. The molecule has 2 heterocycles. The van der Waals surface area contributed by atoms with Crippen molar-refractivity contribution in [2.75, 3.05) is 0 Å². The molecule has 1 unspecified atom stereocenters. The molecule has 0 saturated carbocycles. The zero-order valence-corrected chi connectivity index (χ0v) is 11.8. The Morgan fingerprint density at radius 1 is 1.39 bits per heavy atom. The number of nitrogens with one attached hydrogen (secondary N) is 1. The first kappa shape index (κ1) is 13.3. The first-order valence-corrected chi connectivity index (χ1v) is 7.56. The number of fused-ring (bicyclic) bond motifs is 1. The molecule has 2 aromatic rings. The van der Waals surface area contributed by atoms with Crippen molar-refractivity contribution in [3.05, 3.63) is 26.9 Å². The number of hydrogen-bond donors (Lipinski definition) is 1. The van der Waals surface area contributed by atoms with E-state index in [1.807, 2.05) is 5.38 Å². The van der Waals surface area contributed by atoms with Crippen LogP contribution in [-0.4, -0.2) is 9.97 Å². The Hall–Kier alpha value is -1.16. The predicted octanol–water partition coefficient (Wildman–Crippen LogP) is 4.06. The van der Waals surface area contributed by atoms with Gasteiger partial charge in [-0.2, -0.15) is 0 Å². The molecule has 0 bridgehead atoms. The minimum atomic E-state index is -0.0271. The van der Waals surface area contributed by atoms with Crippen LogP contribution < -0.4 is 5.56 Å². The molecule has 0 amide bonds. The highest BCUT2D eigenvalue weighted by Gasteiger charge is 2.14. The first-order valence-electron chi connectivity index (χ1n) is 6.68. The highest BCUT2D eigenvalue weighted by atomic mass is 32.1. The topological polar surface area (TPSA) is 45.8 Å². The second-order valence-corrected chi connectivity index (χ2v) is 5.76. The monoisotopic (exact) mass is 264 g/mol. The van der Waals surface area contributed by atoms with Crippen LogP contribution >= 0.6 is 11.3 Å². The largest absolute Gasteiger partial charge is 0.313 e. The van der Waals surface area contributed by atoms with Gasteiger partial charge >= 0.3 is 0 Å². The highest BCUT2D eigenvalue weighted by Crippen LogP contribution is 2.31. The van der Waals surface area contributed by atoms with Crippen molar-refractivity contribution in [3.63, 3.8) is 0 Å². The number of aromatic nitrogens is 2. The molecule has 18 heavy (non-hydrogen) atoms. The molecule has 2 aromatic heterocycles. The summed E-state index contributed by atoms with van der Waals surface area (Å²) in [6.45, 7) is 4.46. The van der Waals surface area contributed by atoms with E-state index in [1.54, 1.807) is 11.3 Å². The van der Waals surface area contributed by atoms with Crippen molar-refractivity contribution in [1.29, 1.82) is 0 Å². The van der Waals surface area contributed by atoms with Crippen molar-refractivity contribution in [3.8, 4) is 0 Å². The van der Waals surface area contributed by atoms with E-state index in [2.05, 4.69) is 23.8 Å². The van der Waals surface area contributed by atoms with Crippen LogP contribution in [0.4, 0.5) is 0 Å². The van der Waals surface area contributed by atoms with Gasteiger partial charge in [0.05, 0.1) is 17.2 Å². The van der Waals surface area contributed by atoms with E-state index in [-0.39, 0.29) is 5.56 Å². The summed E-state index contributed by atoms with van der Waals surface area (Å²) in [4.78, 5) is 19.8. The lowest BCUT2D eigenvalue weighted by Gasteiger charge is -2.09. The normalized spacial score (nSPS) is 13.0. The van der Waals surface area contributed by atoms with Gasteiger partial charge in [0.15, 0.2) is 0 Å². The Morgan fingerprint density at radius 3 is 3.00 bits per heavy atom. The number of H-pyrrole nitrogens is 1. The molecule has 0 aliphatic heterocycles. The summed E-state index contributed by atoms with van der Waals surface area (Å²) >= 11 is 1.67. The van der Waals surface area contributed by atoms with Gasteiger partial charge in [0, 0.05) is 10.3 Å². The van der Waals surface area contributed by atoms with E-state index >= 15 is 0 Å². The van der Waals surface area contributed by atoms with Crippen LogP contribution in [-0.2, 0) is 0 Å². The number of thiophene rings is 1. The molecule has 3 nitrogen and oxygen atoms in total. The molecule has 1 atom stereocenters. The lowest BCUT2D eigenvalue weighted by atomic mass is 10.0. The molecule has 0 aromatic carbocycles. The van der Waals surface area contributed by atoms with Crippen LogP contribution in [0.25, 0.3) is 10.9 Å². The summed E-state index contributed by atoms with van der Waals surface area (Å²) in [5.74, 6) is 0.499. The van der Waals surface area contributed by atoms with Crippen LogP contribution in [0.15, 0.2) is 16.5 Å². The number of aromatic amines is 1. The van der Waals surface area contributed by atoms with Crippen molar-refractivity contribution >= 4 is 22.2 Å². The molecule has 98 valence electrons. The van der Waals surface area contributed by atoms with Gasteiger partial charge in [-0.05, 0) is 12.3 Å². The standard InChI is InChI=1S/C14H20N2OS/c1-3-4-5-6-7-10(2)13-12-11(8-18-13)14(17)16-9-15-12/h8-10H,3-7H2,1-2H3,(H,15,16,17). The average molecular weight is 264 g/mol. The van der Waals surface area contributed by atoms with E-state index in [4.69, 9.17) is 0 Å². The number of rotatable bonds is 6. The Balaban J connectivity index is 2.11. The lowest BCUT2D eigenvalue weighted by Crippen LogP contribution is -2.05. The molecular weight excluding hydrogens is 244 g/mol. The summed E-state index contributed by atoms with van der Waals surface area (Å²) in [5.41, 5.74) is 0.868. The maximum absolute atomic E-state index is 11.6. The minimum Gasteiger partial charge on any atom is -0.313 e. The molecular formula is C14H20N2OS. The summed E-state index contributed by atoms with van der Waals surface area (Å²) in [7, 11) is 0. The summed E-state index contributed by atoms with van der Waals surface area (Å²) in [6.07, 6.45) is 7.84. The minimum absolute atomic E-state index is 0.0271. The van der Waals surface area contributed by atoms with Gasteiger partial charge < -0.3 is 4.98 Å². The average Bonchev–Trinajstić information content (AvgIpc) is 2.80.